The predicted molar refractivity (Wildman–Crippen MR) is 79.1 cm³/mol. The number of rotatable bonds is 8. The third kappa shape index (κ3) is 5.71. The predicted octanol–water partition coefficient (Wildman–Crippen LogP) is 1.68. The molecule has 0 spiro atoms. The molecule has 0 radical (unpaired) electrons. The number of hydrogen-bond acceptors (Lipinski definition) is 2. The van der Waals surface area contributed by atoms with Crippen molar-refractivity contribution in [3.63, 3.8) is 0 Å². The Labute approximate surface area is 112 Å². The van der Waals surface area contributed by atoms with E-state index in [4.69, 9.17) is 4.99 Å². The summed E-state index contributed by atoms with van der Waals surface area (Å²) in [5.74, 6) is 1.83. The molecular formula is C14H30N4. The molecule has 1 rings (SSSR count). The van der Waals surface area contributed by atoms with Gasteiger partial charge in [-0.2, -0.15) is 0 Å². The summed E-state index contributed by atoms with van der Waals surface area (Å²) in [6.07, 6.45) is 5.16. The van der Waals surface area contributed by atoms with Gasteiger partial charge in [0.1, 0.15) is 0 Å². The van der Waals surface area contributed by atoms with Crippen LogP contribution in [0, 0.1) is 5.92 Å². The molecule has 0 aromatic heterocycles. The third-order valence-electron chi connectivity index (χ3n) is 3.43. The van der Waals surface area contributed by atoms with Crippen molar-refractivity contribution >= 4 is 5.96 Å². The van der Waals surface area contributed by atoms with Gasteiger partial charge in [-0.15, -0.1) is 0 Å². The second kappa shape index (κ2) is 8.35. The molecule has 0 bridgehead atoms. The average Bonchev–Trinajstić information content (AvgIpc) is 3.13. The van der Waals surface area contributed by atoms with Gasteiger partial charge in [-0.3, -0.25) is 4.99 Å². The number of nitrogens with one attached hydrogen (secondary N) is 2. The number of likely N-dealkylation sites (N-methyl/N-ethyl adjacent to an activating group) is 1. The smallest absolute Gasteiger partial charge is 0.191 e. The first-order valence-electron chi connectivity index (χ1n) is 7.37. The Morgan fingerprint density at radius 1 is 1.28 bits per heavy atom. The highest BCUT2D eigenvalue weighted by Crippen LogP contribution is 2.34. The number of unbranched alkanes of at least 4 members (excludes halogenated alkanes) is 1. The van der Waals surface area contributed by atoms with Gasteiger partial charge in [0.2, 0.25) is 0 Å². The molecule has 106 valence electrons. The quantitative estimate of drug-likeness (QED) is 0.393. The molecule has 0 heterocycles. The third-order valence-corrected chi connectivity index (χ3v) is 3.43. The molecule has 0 aromatic rings. The van der Waals surface area contributed by atoms with Crippen LogP contribution in [0.2, 0.25) is 0 Å². The van der Waals surface area contributed by atoms with Crippen LogP contribution in [0.1, 0.15) is 39.5 Å². The van der Waals surface area contributed by atoms with Gasteiger partial charge in [-0.05, 0) is 46.2 Å². The maximum Gasteiger partial charge on any atom is 0.191 e. The summed E-state index contributed by atoms with van der Waals surface area (Å²) >= 11 is 0. The second-order valence-electron chi connectivity index (χ2n) is 5.37. The topological polar surface area (TPSA) is 39.7 Å². The lowest BCUT2D eigenvalue weighted by Gasteiger charge is -2.22. The molecule has 2 N–H and O–H groups in total. The van der Waals surface area contributed by atoms with E-state index in [1.165, 1.54) is 25.7 Å². The van der Waals surface area contributed by atoms with Crippen LogP contribution in [0.5, 0.6) is 0 Å². The monoisotopic (exact) mass is 254 g/mol. The largest absolute Gasteiger partial charge is 0.357 e. The molecule has 4 nitrogen and oxygen atoms in total. The zero-order valence-corrected chi connectivity index (χ0v) is 12.5. The molecule has 18 heavy (non-hydrogen) atoms. The van der Waals surface area contributed by atoms with Gasteiger partial charge in [0.15, 0.2) is 5.96 Å². The maximum absolute atomic E-state index is 4.72. The highest BCUT2D eigenvalue weighted by molar-refractivity contribution is 5.79. The zero-order chi connectivity index (χ0) is 13.4. The highest BCUT2D eigenvalue weighted by atomic mass is 15.2. The molecule has 1 saturated carbocycles. The van der Waals surface area contributed by atoms with Crippen LogP contribution < -0.4 is 10.6 Å². The molecule has 1 aliphatic rings. The van der Waals surface area contributed by atoms with E-state index in [-0.39, 0.29) is 0 Å². The van der Waals surface area contributed by atoms with Gasteiger partial charge >= 0.3 is 0 Å². The SMILES string of the molecule is CCCCNC(=NCC(C1CC1)N(C)C)NCC. The van der Waals surface area contributed by atoms with E-state index in [9.17, 15) is 0 Å². The van der Waals surface area contributed by atoms with E-state index in [0.29, 0.717) is 6.04 Å². The Hall–Kier alpha value is -0.770. The molecule has 1 atom stereocenters. The van der Waals surface area contributed by atoms with E-state index in [1.807, 2.05) is 0 Å². The summed E-state index contributed by atoms with van der Waals surface area (Å²) in [7, 11) is 4.33. The first kappa shape index (κ1) is 15.3. The van der Waals surface area contributed by atoms with Crippen molar-refractivity contribution in [2.45, 2.75) is 45.6 Å². The fourth-order valence-electron chi connectivity index (χ4n) is 2.13. The van der Waals surface area contributed by atoms with E-state index in [2.05, 4.69) is 43.5 Å². The standard InChI is InChI=1S/C14H30N4/c1-5-7-10-16-14(15-6-2)17-11-13(18(3)4)12-8-9-12/h12-13H,5-11H2,1-4H3,(H2,15,16,17). The normalized spacial score (nSPS) is 17.9. The van der Waals surface area contributed by atoms with Crippen molar-refractivity contribution in [2.75, 3.05) is 33.7 Å². The lowest BCUT2D eigenvalue weighted by atomic mass is 10.2. The maximum atomic E-state index is 4.72. The van der Waals surface area contributed by atoms with Gasteiger partial charge < -0.3 is 15.5 Å². The van der Waals surface area contributed by atoms with Crippen LogP contribution in [-0.2, 0) is 0 Å². The summed E-state index contributed by atoms with van der Waals surface area (Å²) in [5, 5.41) is 6.71. The summed E-state index contributed by atoms with van der Waals surface area (Å²) in [6, 6.07) is 0.603. The number of aliphatic imine (C=N–C) groups is 1. The number of guanidine groups is 1. The van der Waals surface area contributed by atoms with E-state index < -0.39 is 0 Å². The zero-order valence-electron chi connectivity index (χ0n) is 12.5. The first-order valence-corrected chi connectivity index (χ1v) is 7.37. The average molecular weight is 254 g/mol. The van der Waals surface area contributed by atoms with E-state index in [0.717, 1.165) is 31.5 Å². The van der Waals surface area contributed by atoms with Crippen molar-refractivity contribution < 1.29 is 0 Å². The van der Waals surface area contributed by atoms with Crippen molar-refractivity contribution in [3.05, 3.63) is 0 Å². The molecule has 4 heteroatoms. The Morgan fingerprint density at radius 2 is 2.00 bits per heavy atom. The van der Waals surface area contributed by atoms with Gasteiger partial charge in [-0.1, -0.05) is 13.3 Å². The lowest BCUT2D eigenvalue weighted by molar-refractivity contribution is 0.271. The van der Waals surface area contributed by atoms with Crippen LogP contribution in [0.4, 0.5) is 0 Å². The van der Waals surface area contributed by atoms with Gasteiger partial charge in [0, 0.05) is 19.1 Å². The Balaban J connectivity index is 2.41. The minimum atomic E-state index is 0.603. The lowest BCUT2D eigenvalue weighted by Crippen LogP contribution is -2.40. The van der Waals surface area contributed by atoms with Crippen molar-refractivity contribution in [2.24, 2.45) is 10.9 Å². The van der Waals surface area contributed by atoms with Crippen LogP contribution in [-0.4, -0.2) is 50.6 Å². The van der Waals surface area contributed by atoms with Crippen molar-refractivity contribution in [1.29, 1.82) is 0 Å². The van der Waals surface area contributed by atoms with Crippen LogP contribution in [0.3, 0.4) is 0 Å². The number of nitrogens with zero attached hydrogens (tertiary/aromatic N) is 2. The highest BCUT2D eigenvalue weighted by Gasteiger charge is 2.32. The summed E-state index contributed by atoms with van der Waals surface area (Å²) in [5.41, 5.74) is 0. The minimum absolute atomic E-state index is 0.603. The van der Waals surface area contributed by atoms with E-state index >= 15 is 0 Å². The van der Waals surface area contributed by atoms with Gasteiger partial charge in [0.25, 0.3) is 0 Å². The molecule has 0 amide bonds. The van der Waals surface area contributed by atoms with E-state index in [1.54, 1.807) is 0 Å². The molecule has 0 aromatic carbocycles. The summed E-state index contributed by atoms with van der Waals surface area (Å²) < 4.78 is 0. The number of hydrogen-bond donors (Lipinski definition) is 2. The minimum Gasteiger partial charge on any atom is -0.357 e. The second-order valence-corrected chi connectivity index (χ2v) is 5.37. The summed E-state index contributed by atoms with van der Waals surface area (Å²) in [6.45, 7) is 7.16. The molecule has 1 unspecified atom stereocenters. The Kier molecular flexibility index (Phi) is 7.09. The fraction of sp³-hybridized carbons (Fsp3) is 0.929. The molecule has 0 aliphatic heterocycles. The Bertz CT molecular complexity index is 244. The molecule has 1 fully saturated rings. The summed E-state index contributed by atoms with van der Waals surface area (Å²) in [4.78, 5) is 7.04. The molecule has 1 aliphatic carbocycles. The van der Waals surface area contributed by atoms with Gasteiger partial charge in [0.05, 0.1) is 6.54 Å². The van der Waals surface area contributed by atoms with Crippen LogP contribution in [0.25, 0.3) is 0 Å². The van der Waals surface area contributed by atoms with Crippen LogP contribution in [0.15, 0.2) is 4.99 Å². The molecule has 0 saturated heterocycles. The van der Waals surface area contributed by atoms with Crippen LogP contribution >= 0.6 is 0 Å². The molecular weight excluding hydrogens is 224 g/mol. The Morgan fingerprint density at radius 3 is 2.50 bits per heavy atom. The van der Waals surface area contributed by atoms with Crippen molar-refractivity contribution in [1.82, 2.24) is 15.5 Å². The fourth-order valence-corrected chi connectivity index (χ4v) is 2.13. The first-order chi connectivity index (χ1) is 8.69. The van der Waals surface area contributed by atoms with Gasteiger partial charge in [-0.25, -0.2) is 0 Å². The van der Waals surface area contributed by atoms with Crippen molar-refractivity contribution in [3.8, 4) is 0 Å².